The Kier molecular flexibility index (Phi) is 2.34. The minimum absolute atomic E-state index is 0.195. The molecule has 17 heavy (non-hydrogen) atoms. The summed E-state index contributed by atoms with van der Waals surface area (Å²) >= 11 is 0. The van der Waals surface area contributed by atoms with Gasteiger partial charge in [-0.1, -0.05) is 6.07 Å². The number of nitriles is 1. The first-order chi connectivity index (χ1) is 8.29. The van der Waals surface area contributed by atoms with Crippen molar-refractivity contribution in [1.82, 2.24) is 9.97 Å². The number of fused-ring (bicyclic) bond motifs is 1. The highest BCUT2D eigenvalue weighted by Crippen LogP contribution is 2.30. The summed E-state index contributed by atoms with van der Waals surface area (Å²) in [4.78, 5) is 7.86. The first kappa shape index (κ1) is 10.3. The van der Waals surface area contributed by atoms with Crippen LogP contribution >= 0.6 is 0 Å². The summed E-state index contributed by atoms with van der Waals surface area (Å²) in [5.41, 5.74) is 2.32. The summed E-state index contributed by atoms with van der Waals surface area (Å²) in [6.07, 6.45) is 1.18. The molecule has 0 spiro atoms. The number of ether oxygens (including phenoxy) is 1. The zero-order valence-corrected chi connectivity index (χ0v) is 9.60. The molecule has 0 aliphatic carbocycles. The summed E-state index contributed by atoms with van der Waals surface area (Å²) in [7, 11) is 0. The minimum atomic E-state index is 0.195. The molecule has 1 fully saturated rings. The van der Waals surface area contributed by atoms with E-state index in [0.29, 0.717) is 11.5 Å². The molecule has 2 aromatic rings. The lowest BCUT2D eigenvalue weighted by molar-refractivity contribution is 0.117. The average Bonchev–Trinajstić information content (AvgIpc) is 2.93. The number of hydrogen-bond donors (Lipinski definition) is 1. The van der Waals surface area contributed by atoms with Crippen LogP contribution < -0.4 is 0 Å². The molecule has 86 valence electrons. The molecular formula is C13H13N3O. The molecule has 2 atom stereocenters. The summed E-state index contributed by atoms with van der Waals surface area (Å²) in [6.45, 7) is 2.85. The fourth-order valence-electron chi connectivity index (χ4n) is 2.41. The van der Waals surface area contributed by atoms with E-state index in [0.717, 1.165) is 29.9 Å². The van der Waals surface area contributed by atoms with Gasteiger partial charge in [0.1, 0.15) is 17.4 Å². The predicted molar refractivity (Wildman–Crippen MR) is 63.6 cm³/mol. The van der Waals surface area contributed by atoms with Gasteiger partial charge in [0.2, 0.25) is 0 Å². The number of para-hydroxylation sites is 1. The largest absolute Gasteiger partial charge is 0.378 e. The van der Waals surface area contributed by atoms with Crippen LogP contribution in [0.25, 0.3) is 11.0 Å². The maximum atomic E-state index is 9.03. The molecule has 1 aromatic heterocycles. The fourth-order valence-corrected chi connectivity index (χ4v) is 2.41. The van der Waals surface area contributed by atoms with Crippen LogP contribution in [0.3, 0.4) is 0 Å². The van der Waals surface area contributed by atoms with Gasteiger partial charge in [-0.2, -0.15) is 5.26 Å². The van der Waals surface area contributed by atoms with Gasteiger partial charge in [-0.25, -0.2) is 4.98 Å². The van der Waals surface area contributed by atoms with Crippen LogP contribution in [0, 0.1) is 11.3 Å². The van der Waals surface area contributed by atoms with Crippen molar-refractivity contribution >= 4 is 11.0 Å². The number of hydrogen-bond acceptors (Lipinski definition) is 3. The number of aromatic nitrogens is 2. The van der Waals surface area contributed by atoms with Gasteiger partial charge in [-0.05, 0) is 25.5 Å². The van der Waals surface area contributed by atoms with Gasteiger partial charge in [0.25, 0.3) is 0 Å². The number of H-pyrrole nitrogens is 1. The highest BCUT2D eigenvalue weighted by Gasteiger charge is 2.28. The topological polar surface area (TPSA) is 61.7 Å². The zero-order valence-electron chi connectivity index (χ0n) is 9.60. The first-order valence-electron chi connectivity index (χ1n) is 5.80. The highest BCUT2D eigenvalue weighted by atomic mass is 16.5. The standard InChI is InChI=1S/C13H13N3O/c1-8-10(5-6-17-8)13-15-11-4-2-3-9(7-14)12(11)16-13/h2-4,8,10H,5-6H2,1H3,(H,15,16). The third-order valence-electron chi connectivity index (χ3n) is 3.38. The van der Waals surface area contributed by atoms with Crippen molar-refractivity contribution in [1.29, 1.82) is 5.26 Å². The van der Waals surface area contributed by atoms with Crippen LogP contribution in [0.15, 0.2) is 18.2 Å². The summed E-state index contributed by atoms with van der Waals surface area (Å²) in [5, 5.41) is 9.03. The molecule has 1 aromatic carbocycles. The summed E-state index contributed by atoms with van der Waals surface area (Å²) in [5.74, 6) is 1.25. The van der Waals surface area contributed by atoms with Crippen molar-refractivity contribution in [2.24, 2.45) is 0 Å². The number of nitrogens with zero attached hydrogens (tertiary/aromatic N) is 2. The Labute approximate surface area is 99.2 Å². The molecule has 1 aliphatic heterocycles. The van der Waals surface area contributed by atoms with Gasteiger partial charge in [0.15, 0.2) is 0 Å². The van der Waals surface area contributed by atoms with Crippen LogP contribution in [0.4, 0.5) is 0 Å². The van der Waals surface area contributed by atoms with E-state index >= 15 is 0 Å². The Morgan fingerprint density at radius 1 is 1.53 bits per heavy atom. The van der Waals surface area contributed by atoms with Crippen LogP contribution in [0.5, 0.6) is 0 Å². The van der Waals surface area contributed by atoms with Gasteiger partial charge < -0.3 is 9.72 Å². The SMILES string of the molecule is CC1OCCC1c1nc2c(C#N)cccc2[nH]1. The lowest BCUT2D eigenvalue weighted by Gasteiger charge is -2.09. The molecule has 4 heteroatoms. The van der Waals surface area contributed by atoms with E-state index < -0.39 is 0 Å². The van der Waals surface area contributed by atoms with Crippen LogP contribution in [0.1, 0.15) is 30.7 Å². The van der Waals surface area contributed by atoms with Gasteiger partial charge in [-0.3, -0.25) is 0 Å². The van der Waals surface area contributed by atoms with Crippen molar-refractivity contribution < 1.29 is 4.74 Å². The van der Waals surface area contributed by atoms with Gasteiger partial charge in [0, 0.05) is 12.5 Å². The third-order valence-corrected chi connectivity index (χ3v) is 3.38. The smallest absolute Gasteiger partial charge is 0.113 e. The summed E-state index contributed by atoms with van der Waals surface area (Å²) < 4.78 is 5.55. The molecular weight excluding hydrogens is 214 g/mol. The lowest BCUT2D eigenvalue weighted by Crippen LogP contribution is -2.10. The molecule has 0 amide bonds. The zero-order chi connectivity index (χ0) is 11.8. The van der Waals surface area contributed by atoms with E-state index in [1.54, 1.807) is 6.07 Å². The Bertz CT molecular complexity index is 596. The van der Waals surface area contributed by atoms with Crippen molar-refractivity contribution in [2.45, 2.75) is 25.4 Å². The normalized spacial score (nSPS) is 24.0. The van der Waals surface area contributed by atoms with E-state index in [1.807, 2.05) is 12.1 Å². The molecule has 1 saturated heterocycles. The van der Waals surface area contributed by atoms with Crippen LogP contribution in [-0.4, -0.2) is 22.7 Å². The molecule has 0 radical (unpaired) electrons. The van der Waals surface area contributed by atoms with E-state index in [2.05, 4.69) is 23.0 Å². The molecule has 1 aliphatic rings. The molecule has 4 nitrogen and oxygen atoms in total. The highest BCUT2D eigenvalue weighted by molar-refractivity contribution is 5.81. The van der Waals surface area contributed by atoms with Gasteiger partial charge in [0.05, 0.1) is 17.2 Å². The summed E-state index contributed by atoms with van der Waals surface area (Å²) in [6, 6.07) is 7.79. The monoisotopic (exact) mass is 227 g/mol. The molecule has 0 bridgehead atoms. The molecule has 2 heterocycles. The van der Waals surface area contributed by atoms with E-state index in [1.165, 1.54) is 0 Å². The molecule has 3 rings (SSSR count). The van der Waals surface area contributed by atoms with Crippen molar-refractivity contribution in [3.8, 4) is 6.07 Å². The second-order valence-electron chi connectivity index (χ2n) is 4.41. The number of aromatic amines is 1. The van der Waals surface area contributed by atoms with Crippen molar-refractivity contribution in [3.05, 3.63) is 29.6 Å². The minimum Gasteiger partial charge on any atom is -0.378 e. The molecule has 0 saturated carbocycles. The second-order valence-corrected chi connectivity index (χ2v) is 4.41. The first-order valence-corrected chi connectivity index (χ1v) is 5.80. The lowest BCUT2D eigenvalue weighted by atomic mass is 10.0. The Morgan fingerprint density at radius 3 is 3.12 bits per heavy atom. The van der Waals surface area contributed by atoms with Crippen molar-refractivity contribution in [2.75, 3.05) is 6.61 Å². The molecule has 1 N–H and O–H groups in total. The van der Waals surface area contributed by atoms with Crippen LogP contribution in [0.2, 0.25) is 0 Å². The maximum absolute atomic E-state index is 9.03. The quantitative estimate of drug-likeness (QED) is 0.813. The maximum Gasteiger partial charge on any atom is 0.113 e. The Morgan fingerprint density at radius 2 is 2.41 bits per heavy atom. The Balaban J connectivity index is 2.11. The van der Waals surface area contributed by atoms with E-state index in [-0.39, 0.29) is 6.10 Å². The average molecular weight is 227 g/mol. The number of imidazole rings is 1. The fraction of sp³-hybridized carbons (Fsp3) is 0.385. The van der Waals surface area contributed by atoms with Crippen LogP contribution in [-0.2, 0) is 4.74 Å². The number of benzene rings is 1. The van der Waals surface area contributed by atoms with Gasteiger partial charge >= 0.3 is 0 Å². The van der Waals surface area contributed by atoms with E-state index in [9.17, 15) is 0 Å². The molecule has 2 unspecified atom stereocenters. The third kappa shape index (κ3) is 1.60. The Hall–Kier alpha value is -1.86. The predicted octanol–water partition coefficient (Wildman–Crippen LogP) is 2.33. The van der Waals surface area contributed by atoms with E-state index in [4.69, 9.17) is 10.00 Å². The number of nitrogens with one attached hydrogen (secondary N) is 1. The number of rotatable bonds is 1. The second kappa shape index (κ2) is 3.86. The van der Waals surface area contributed by atoms with Gasteiger partial charge in [-0.15, -0.1) is 0 Å². The van der Waals surface area contributed by atoms with Crippen molar-refractivity contribution in [3.63, 3.8) is 0 Å².